The van der Waals surface area contributed by atoms with Crippen LogP contribution in [-0.2, 0) is 0 Å². The molecule has 0 aromatic heterocycles. The van der Waals surface area contributed by atoms with Crippen LogP contribution in [0.3, 0.4) is 0 Å². The Labute approximate surface area is 170 Å². The van der Waals surface area contributed by atoms with E-state index in [1.54, 1.807) is 18.2 Å². The first-order valence-corrected chi connectivity index (χ1v) is 9.97. The van der Waals surface area contributed by atoms with Crippen LogP contribution >= 0.6 is 11.6 Å². The predicted octanol–water partition coefficient (Wildman–Crippen LogP) is 3.01. The van der Waals surface area contributed by atoms with Gasteiger partial charge in [-0.2, -0.15) is 0 Å². The molecule has 148 valence electrons. The highest BCUT2D eigenvalue weighted by Crippen LogP contribution is 2.32. The van der Waals surface area contributed by atoms with Crippen LogP contribution in [0.2, 0.25) is 5.02 Å². The minimum absolute atomic E-state index is 0.0779. The Morgan fingerprint density at radius 1 is 1.00 bits per heavy atom. The minimum atomic E-state index is -0.0779. The van der Waals surface area contributed by atoms with Gasteiger partial charge in [0.2, 0.25) is 6.79 Å². The van der Waals surface area contributed by atoms with Crippen LogP contribution in [0.15, 0.2) is 42.5 Å². The lowest BCUT2D eigenvalue weighted by molar-refractivity contribution is 0.0951. The molecular formula is C21H24ClN3O3. The summed E-state index contributed by atoms with van der Waals surface area (Å²) in [5.41, 5.74) is 1.82. The van der Waals surface area contributed by atoms with Crippen molar-refractivity contribution in [2.75, 3.05) is 51.0 Å². The third kappa shape index (κ3) is 4.51. The van der Waals surface area contributed by atoms with Crippen molar-refractivity contribution in [3.8, 4) is 11.5 Å². The van der Waals surface area contributed by atoms with E-state index in [1.807, 2.05) is 12.1 Å². The third-order valence-electron chi connectivity index (χ3n) is 5.14. The maximum Gasteiger partial charge on any atom is 0.251 e. The average molecular weight is 402 g/mol. The topological polar surface area (TPSA) is 54.0 Å². The van der Waals surface area contributed by atoms with Gasteiger partial charge in [0.15, 0.2) is 11.5 Å². The molecule has 0 unspecified atom stereocenters. The van der Waals surface area contributed by atoms with Gasteiger partial charge in [-0.1, -0.05) is 11.6 Å². The molecule has 0 radical (unpaired) electrons. The first kappa shape index (κ1) is 18.9. The highest BCUT2D eigenvalue weighted by Gasteiger charge is 2.18. The molecule has 0 atom stereocenters. The molecule has 6 nitrogen and oxygen atoms in total. The number of ether oxygens (including phenoxy) is 2. The van der Waals surface area contributed by atoms with Gasteiger partial charge in [-0.3, -0.25) is 9.69 Å². The molecule has 2 aromatic rings. The number of nitrogens with zero attached hydrogens (tertiary/aromatic N) is 2. The van der Waals surface area contributed by atoms with Crippen LogP contribution in [0.5, 0.6) is 11.5 Å². The average Bonchev–Trinajstić information content (AvgIpc) is 3.20. The zero-order chi connectivity index (χ0) is 19.3. The summed E-state index contributed by atoms with van der Waals surface area (Å²) < 4.78 is 10.6. The SMILES string of the molecule is O=C(NCCCN1CCN(c2ccc(Cl)cc2)CC1)c1ccc2c(c1)OCO2. The monoisotopic (exact) mass is 401 g/mol. The van der Waals surface area contributed by atoms with Crippen molar-refractivity contribution in [1.82, 2.24) is 10.2 Å². The summed E-state index contributed by atoms with van der Waals surface area (Å²) in [6.45, 7) is 5.92. The normalized spacial score (nSPS) is 16.2. The molecule has 2 aliphatic rings. The summed E-state index contributed by atoms with van der Waals surface area (Å²) in [6.07, 6.45) is 0.928. The van der Waals surface area contributed by atoms with E-state index < -0.39 is 0 Å². The lowest BCUT2D eigenvalue weighted by Gasteiger charge is -2.36. The number of hydrogen-bond donors (Lipinski definition) is 1. The Balaban J connectivity index is 1.16. The van der Waals surface area contributed by atoms with E-state index in [4.69, 9.17) is 21.1 Å². The van der Waals surface area contributed by atoms with Gasteiger partial charge in [-0.25, -0.2) is 0 Å². The van der Waals surface area contributed by atoms with Crippen LogP contribution in [0.1, 0.15) is 16.8 Å². The second-order valence-corrected chi connectivity index (χ2v) is 7.42. The highest BCUT2D eigenvalue weighted by atomic mass is 35.5. The van der Waals surface area contributed by atoms with E-state index in [9.17, 15) is 4.79 Å². The second kappa shape index (κ2) is 8.71. The summed E-state index contributed by atoms with van der Waals surface area (Å²) in [5.74, 6) is 1.24. The van der Waals surface area contributed by atoms with Gasteiger partial charge in [-0.15, -0.1) is 0 Å². The van der Waals surface area contributed by atoms with Crippen molar-refractivity contribution in [3.05, 3.63) is 53.1 Å². The van der Waals surface area contributed by atoms with Crippen molar-refractivity contribution in [2.24, 2.45) is 0 Å². The fourth-order valence-electron chi connectivity index (χ4n) is 3.53. The van der Waals surface area contributed by atoms with Gasteiger partial charge >= 0.3 is 0 Å². The van der Waals surface area contributed by atoms with E-state index in [0.717, 1.165) is 44.2 Å². The molecule has 1 N–H and O–H groups in total. The van der Waals surface area contributed by atoms with Gasteiger partial charge in [0.25, 0.3) is 5.91 Å². The lowest BCUT2D eigenvalue weighted by atomic mass is 10.2. The van der Waals surface area contributed by atoms with Gasteiger partial charge in [0, 0.05) is 49.0 Å². The van der Waals surface area contributed by atoms with Crippen molar-refractivity contribution < 1.29 is 14.3 Å². The summed E-state index contributed by atoms with van der Waals surface area (Å²) in [4.78, 5) is 17.1. The molecule has 0 aliphatic carbocycles. The Kier molecular flexibility index (Phi) is 5.88. The van der Waals surface area contributed by atoms with Crippen LogP contribution < -0.4 is 19.7 Å². The molecule has 2 heterocycles. The summed E-state index contributed by atoms with van der Waals surface area (Å²) in [7, 11) is 0. The lowest BCUT2D eigenvalue weighted by Crippen LogP contribution is -2.47. The van der Waals surface area contributed by atoms with Gasteiger partial charge < -0.3 is 19.7 Å². The number of carbonyl (C=O) groups excluding carboxylic acids is 1. The van der Waals surface area contributed by atoms with Crippen molar-refractivity contribution >= 4 is 23.2 Å². The van der Waals surface area contributed by atoms with Crippen LogP contribution in [-0.4, -0.2) is 56.9 Å². The molecule has 7 heteroatoms. The fraction of sp³-hybridized carbons (Fsp3) is 0.381. The number of fused-ring (bicyclic) bond motifs is 1. The van der Waals surface area contributed by atoms with Crippen molar-refractivity contribution in [3.63, 3.8) is 0 Å². The largest absolute Gasteiger partial charge is 0.454 e. The molecule has 0 bridgehead atoms. The standard InChI is InChI=1S/C21H24ClN3O3/c22-17-3-5-18(6-4-17)25-12-10-24(11-13-25)9-1-8-23-21(26)16-2-7-19-20(14-16)28-15-27-19/h2-7,14H,1,8-13,15H2,(H,23,26). The van der Waals surface area contributed by atoms with Gasteiger partial charge in [-0.05, 0) is 55.4 Å². The molecule has 4 rings (SSSR count). The predicted molar refractivity (Wildman–Crippen MR) is 110 cm³/mol. The van der Waals surface area contributed by atoms with E-state index in [2.05, 4.69) is 27.2 Å². The van der Waals surface area contributed by atoms with Crippen LogP contribution in [0, 0.1) is 0 Å². The Hall–Kier alpha value is -2.44. The quantitative estimate of drug-likeness (QED) is 0.754. The maximum atomic E-state index is 12.3. The first-order valence-electron chi connectivity index (χ1n) is 9.60. The molecule has 0 saturated carbocycles. The summed E-state index contributed by atoms with van der Waals surface area (Å²) in [5, 5.41) is 3.75. The third-order valence-corrected chi connectivity index (χ3v) is 5.39. The summed E-state index contributed by atoms with van der Waals surface area (Å²) >= 11 is 5.96. The van der Waals surface area contributed by atoms with Crippen molar-refractivity contribution in [2.45, 2.75) is 6.42 Å². The number of carbonyl (C=O) groups is 1. The number of halogens is 1. The van der Waals surface area contributed by atoms with E-state index in [-0.39, 0.29) is 12.7 Å². The number of nitrogens with one attached hydrogen (secondary N) is 1. The molecule has 1 saturated heterocycles. The summed E-state index contributed by atoms with van der Waals surface area (Å²) in [6, 6.07) is 13.3. The second-order valence-electron chi connectivity index (χ2n) is 6.98. The Morgan fingerprint density at radius 3 is 2.54 bits per heavy atom. The van der Waals surface area contributed by atoms with Crippen LogP contribution in [0.25, 0.3) is 0 Å². The van der Waals surface area contributed by atoms with E-state index in [1.165, 1.54) is 5.69 Å². The maximum absolute atomic E-state index is 12.3. The molecule has 1 amide bonds. The minimum Gasteiger partial charge on any atom is -0.454 e. The van der Waals surface area contributed by atoms with Gasteiger partial charge in [0.05, 0.1) is 0 Å². The Morgan fingerprint density at radius 2 is 1.75 bits per heavy atom. The zero-order valence-corrected chi connectivity index (χ0v) is 16.5. The number of anilines is 1. The highest BCUT2D eigenvalue weighted by molar-refractivity contribution is 6.30. The Bertz CT molecular complexity index is 820. The molecule has 2 aromatic carbocycles. The molecular weight excluding hydrogens is 378 g/mol. The molecule has 28 heavy (non-hydrogen) atoms. The zero-order valence-electron chi connectivity index (χ0n) is 15.7. The van der Waals surface area contributed by atoms with Crippen molar-refractivity contribution in [1.29, 1.82) is 0 Å². The van der Waals surface area contributed by atoms with E-state index >= 15 is 0 Å². The van der Waals surface area contributed by atoms with E-state index in [0.29, 0.717) is 23.6 Å². The fourth-order valence-corrected chi connectivity index (χ4v) is 3.65. The number of hydrogen-bond acceptors (Lipinski definition) is 5. The molecule has 2 aliphatic heterocycles. The number of piperazine rings is 1. The molecule has 1 fully saturated rings. The smallest absolute Gasteiger partial charge is 0.251 e. The number of benzene rings is 2. The first-order chi connectivity index (χ1) is 13.7. The molecule has 0 spiro atoms. The number of amides is 1. The van der Waals surface area contributed by atoms with Gasteiger partial charge in [0.1, 0.15) is 0 Å². The number of rotatable bonds is 6. The van der Waals surface area contributed by atoms with Crippen LogP contribution in [0.4, 0.5) is 5.69 Å².